The van der Waals surface area contributed by atoms with Crippen LogP contribution >= 0.6 is 11.6 Å². The number of rotatable bonds is 11. The van der Waals surface area contributed by atoms with Crippen molar-refractivity contribution < 1.29 is 13.2 Å². The van der Waals surface area contributed by atoms with Crippen molar-refractivity contribution in [3.05, 3.63) is 34.1 Å². The number of alkyl halides is 2. The smallest absolute Gasteiger partial charge is 0.205 e. The Labute approximate surface area is 200 Å². The van der Waals surface area contributed by atoms with Crippen LogP contribution in [0.1, 0.15) is 114 Å². The van der Waals surface area contributed by atoms with Crippen molar-refractivity contribution in [2.24, 2.45) is 11.8 Å². The van der Waals surface area contributed by atoms with Gasteiger partial charge in [-0.3, -0.25) is 0 Å². The van der Waals surface area contributed by atoms with Crippen molar-refractivity contribution in [2.75, 3.05) is 0 Å². The normalized spacial score (nSPS) is 23.2. The first-order chi connectivity index (χ1) is 15.5. The number of benzene rings is 1. The van der Waals surface area contributed by atoms with Crippen LogP contribution in [0, 0.1) is 17.7 Å². The Morgan fingerprint density at radius 1 is 0.906 bits per heavy atom. The molecule has 0 atom stereocenters. The van der Waals surface area contributed by atoms with Gasteiger partial charge in [-0.2, -0.15) is 0 Å². The van der Waals surface area contributed by atoms with Gasteiger partial charge in [0.05, 0.1) is 10.6 Å². The standard InChI is InChI=1S/C27H41ClF3Si/c1-2-3-6-17-32-18-15-21(16-19-32)8-5-4-7-20-9-11-22(12-10-20)23-13-14-24(28)26(29)25(23)27(30)31/h13-14,20-22,27H,2-12,15-19H2,1H3. The van der Waals surface area contributed by atoms with Gasteiger partial charge in [-0.15, -0.1) is 0 Å². The maximum atomic E-state index is 14.2. The number of halogens is 4. The van der Waals surface area contributed by atoms with E-state index in [9.17, 15) is 13.2 Å². The Bertz CT molecular complexity index is 680. The van der Waals surface area contributed by atoms with E-state index in [0.717, 1.165) is 31.6 Å². The van der Waals surface area contributed by atoms with Crippen molar-refractivity contribution in [1.82, 2.24) is 0 Å². The lowest BCUT2D eigenvalue weighted by atomic mass is 9.76. The molecule has 181 valence electrons. The van der Waals surface area contributed by atoms with Crippen LogP contribution < -0.4 is 0 Å². The van der Waals surface area contributed by atoms with Crippen LogP contribution in [-0.4, -0.2) is 8.80 Å². The van der Waals surface area contributed by atoms with Gasteiger partial charge in [0.15, 0.2) is 5.82 Å². The zero-order chi connectivity index (χ0) is 22.9. The Morgan fingerprint density at radius 2 is 1.53 bits per heavy atom. The van der Waals surface area contributed by atoms with E-state index in [0.29, 0.717) is 11.5 Å². The quantitative estimate of drug-likeness (QED) is 0.216. The maximum Gasteiger partial charge on any atom is 0.266 e. The second-order valence-corrected chi connectivity index (χ2v) is 13.7. The minimum absolute atomic E-state index is 0.0189. The highest BCUT2D eigenvalue weighted by Crippen LogP contribution is 2.42. The van der Waals surface area contributed by atoms with E-state index in [4.69, 9.17) is 11.6 Å². The first kappa shape index (κ1) is 26.1. The number of hydrogen-bond acceptors (Lipinski definition) is 0. The molecule has 3 rings (SSSR count). The minimum atomic E-state index is -2.81. The average molecular weight is 486 g/mol. The molecular weight excluding hydrogens is 445 g/mol. The zero-order valence-corrected chi connectivity index (χ0v) is 21.5. The molecule has 1 radical (unpaired) electrons. The summed E-state index contributed by atoms with van der Waals surface area (Å²) < 4.78 is 41.1. The van der Waals surface area contributed by atoms with Crippen molar-refractivity contribution in [3.63, 3.8) is 0 Å². The monoisotopic (exact) mass is 485 g/mol. The van der Waals surface area contributed by atoms with Gasteiger partial charge in [-0.25, -0.2) is 13.2 Å². The summed E-state index contributed by atoms with van der Waals surface area (Å²) in [6, 6.07) is 7.71. The zero-order valence-electron chi connectivity index (χ0n) is 19.8. The summed E-state index contributed by atoms with van der Waals surface area (Å²) in [5.41, 5.74) is 0.0107. The fourth-order valence-corrected chi connectivity index (χ4v) is 9.33. The molecule has 2 aliphatic rings. The van der Waals surface area contributed by atoms with Gasteiger partial charge >= 0.3 is 0 Å². The predicted molar refractivity (Wildman–Crippen MR) is 132 cm³/mol. The summed E-state index contributed by atoms with van der Waals surface area (Å²) in [5, 5.41) is -0.204. The molecule has 0 N–H and O–H groups in total. The lowest BCUT2D eigenvalue weighted by molar-refractivity contribution is 0.143. The molecule has 1 aliphatic carbocycles. The first-order valence-corrected chi connectivity index (χ1v) is 15.6. The molecule has 1 heterocycles. The molecule has 0 amide bonds. The highest BCUT2D eigenvalue weighted by Gasteiger charge is 2.29. The molecular formula is C27H41ClF3Si. The number of unbranched alkanes of at least 4 members (excludes halogenated alkanes) is 3. The van der Waals surface area contributed by atoms with E-state index in [-0.39, 0.29) is 19.7 Å². The second kappa shape index (κ2) is 13.4. The Hall–Kier alpha value is -0.483. The SMILES string of the molecule is CCCCC[Si]1CCC(CCCCC2CCC(c3ccc(Cl)c(F)c3C(F)F)CC2)CC1. The Morgan fingerprint density at radius 3 is 2.12 bits per heavy atom. The van der Waals surface area contributed by atoms with Crippen LogP contribution in [0.5, 0.6) is 0 Å². The molecule has 0 unspecified atom stereocenters. The highest BCUT2D eigenvalue weighted by molar-refractivity contribution is 6.58. The highest BCUT2D eigenvalue weighted by atomic mass is 35.5. The van der Waals surface area contributed by atoms with Crippen LogP contribution in [0.4, 0.5) is 13.2 Å². The second-order valence-electron chi connectivity index (χ2n) is 10.3. The Kier molecular flexibility index (Phi) is 11.0. The van der Waals surface area contributed by atoms with Crippen LogP contribution in [0.2, 0.25) is 23.2 Å². The average Bonchev–Trinajstić information content (AvgIpc) is 2.80. The molecule has 2 fully saturated rings. The molecule has 1 aromatic rings. The lowest BCUT2D eigenvalue weighted by Gasteiger charge is -2.30. The lowest BCUT2D eigenvalue weighted by Crippen LogP contribution is -2.21. The van der Waals surface area contributed by atoms with Crippen molar-refractivity contribution >= 4 is 20.4 Å². The van der Waals surface area contributed by atoms with E-state index in [1.54, 1.807) is 24.2 Å². The van der Waals surface area contributed by atoms with Gasteiger partial charge in [0.1, 0.15) is 0 Å². The minimum Gasteiger partial charge on any atom is -0.205 e. The van der Waals surface area contributed by atoms with Gasteiger partial charge in [-0.05, 0) is 55.1 Å². The molecule has 32 heavy (non-hydrogen) atoms. The Balaban J connectivity index is 1.33. The van der Waals surface area contributed by atoms with Gasteiger partial charge in [0.2, 0.25) is 0 Å². The van der Waals surface area contributed by atoms with Gasteiger partial charge in [0.25, 0.3) is 6.43 Å². The summed E-state index contributed by atoms with van der Waals surface area (Å²) in [5.74, 6) is 0.784. The summed E-state index contributed by atoms with van der Waals surface area (Å²) in [6.07, 6.45) is 13.6. The van der Waals surface area contributed by atoms with Gasteiger partial charge < -0.3 is 0 Å². The van der Waals surface area contributed by atoms with Crippen LogP contribution in [0.25, 0.3) is 0 Å². The van der Waals surface area contributed by atoms with Crippen LogP contribution in [-0.2, 0) is 0 Å². The first-order valence-electron chi connectivity index (χ1n) is 13.1. The topological polar surface area (TPSA) is 0 Å². The van der Waals surface area contributed by atoms with Crippen LogP contribution in [0.3, 0.4) is 0 Å². The molecule has 5 heteroatoms. The van der Waals surface area contributed by atoms with Crippen LogP contribution in [0.15, 0.2) is 12.1 Å². The van der Waals surface area contributed by atoms with E-state index in [1.165, 1.54) is 63.9 Å². The van der Waals surface area contributed by atoms with Crippen molar-refractivity contribution in [3.8, 4) is 0 Å². The van der Waals surface area contributed by atoms with E-state index in [1.807, 2.05) is 0 Å². The third-order valence-corrected chi connectivity index (χ3v) is 11.4. The molecule has 1 aromatic carbocycles. The van der Waals surface area contributed by atoms with E-state index in [2.05, 4.69) is 6.92 Å². The third kappa shape index (κ3) is 7.51. The molecule has 0 spiro atoms. The maximum absolute atomic E-state index is 14.2. The number of hydrogen-bond donors (Lipinski definition) is 0. The third-order valence-electron chi connectivity index (χ3n) is 8.09. The summed E-state index contributed by atoms with van der Waals surface area (Å²) in [6.45, 7) is 2.30. The summed E-state index contributed by atoms with van der Waals surface area (Å²) in [4.78, 5) is 0. The summed E-state index contributed by atoms with van der Waals surface area (Å²) >= 11 is 5.74. The fourth-order valence-electron chi connectivity index (χ4n) is 6.04. The van der Waals surface area contributed by atoms with Crippen molar-refractivity contribution in [2.45, 2.75) is 121 Å². The largest absolute Gasteiger partial charge is 0.266 e. The molecule has 1 aliphatic heterocycles. The molecule has 0 aromatic heterocycles. The van der Waals surface area contributed by atoms with E-state index >= 15 is 0 Å². The molecule has 1 saturated heterocycles. The molecule has 1 saturated carbocycles. The predicted octanol–water partition coefficient (Wildman–Crippen LogP) is 10.3. The van der Waals surface area contributed by atoms with E-state index < -0.39 is 17.8 Å². The molecule has 0 nitrogen and oxygen atoms in total. The molecule has 0 bridgehead atoms. The fraction of sp³-hybridized carbons (Fsp3) is 0.778. The van der Waals surface area contributed by atoms with Crippen molar-refractivity contribution in [1.29, 1.82) is 0 Å². The summed E-state index contributed by atoms with van der Waals surface area (Å²) in [7, 11) is -0.0189. The van der Waals surface area contributed by atoms with Gasteiger partial charge in [-0.1, -0.05) is 101 Å². The van der Waals surface area contributed by atoms with Gasteiger partial charge in [0, 0.05) is 8.80 Å².